The zero-order chi connectivity index (χ0) is 28.9. The third-order valence-electron chi connectivity index (χ3n) is 6.34. The van der Waals surface area contributed by atoms with Crippen LogP contribution in [-0.4, -0.2) is 40.6 Å². The highest BCUT2D eigenvalue weighted by atomic mass is 32.2. The highest BCUT2D eigenvalue weighted by molar-refractivity contribution is 8.00. The molecule has 1 aliphatic carbocycles. The van der Waals surface area contributed by atoms with Crippen molar-refractivity contribution in [2.75, 3.05) is 6.54 Å². The summed E-state index contributed by atoms with van der Waals surface area (Å²) in [6, 6.07) is 16.3. The van der Waals surface area contributed by atoms with Crippen molar-refractivity contribution < 1.29 is 37.5 Å². The summed E-state index contributed by atoms with van der Waals surface area (Å²) in [7, 11) is 0. The van der Waals surface area contributed by atoms with E-state index in [2.05, 4.69) is 5.32 Å². The molecule has 10 heteroatoms. The molecular weight excluding hydrogens is 543 g/mol. The maximum atomic E-state index is 13.6. The van der Waals surface area contributed by atoms with Crippen molar-refractivity contribution in [1.29, 1.82) is 0 Å². The van der Waals surface area contributed by atoms with Gasteiger partial charge in [-0.25, -0.2) is 0 Å². The summed E-state index contributed by atoms with van der Waals surface area (Å²) >= 11 is -0.281. The fourth-order valence-electron chi connectivity index (χ4n) is 4.37. The van der Waals surface area contributed by atoms with Crippen LogP contribution in [0.4, 0.5) is 13.2 Å². The van der Waals surface area contributed by atoms with E-state index in [9.17, 15) is 32.3 Å². The molecule has 0 aromatic heterocycles. The van der Waals surface area contributed by atoms with E-state index in [1.54, 1.807) is 6.07 Å². The van der Waals surface area contributed by atoms with E-state index in [4.69, 9.17) is 5.11 Å². The zero-order valence-corrected chi connectivity index (χ0v) is 21.9. The van der Waals surface area contributed by atoms with Crippen molar-refractivity contribution in [3.63, 3.8) is 0 Å². The number of rotatable bonds is 10. The second-order valence-electron chi connectivity index (χ2n) is 9.14. The molecule has 0 aliphatic heterocycles. The fourth-order valence-corrected chi connectivity index (χ4v) is 4.91. The highest BCUT2D eigenvalue weighted by Crippen LogP contribution is 2.37. The number of amides is 1. The molecule has 0 spiro atoms. The van der Waals surface area contributed by atoms with Gasteiger partial charge in [-0.15, -0.1) is 0 Å². The SMILES string of the molecule is O=C(O)CCNC(=O)c1ccc(C(=O)/C(=C/C(=O)c2ccc(SC(F)(F)F)cc2)c2ccc3c(c2)CCC3)cc1. The number of carbonyl (C=O) groups is 4. The van der Waals surface area contributed by atoms with Crippen LogP contribution < -0.4 is 5.32 Å². The second-order valence-corrected chi connectivity index (χ2v) is 10.3. The minimum absolute atomic E-state index is 0.0436. The number of carboxylic acid groups (broad SMARTS) is 1. The number of Topliss-reactive ketones (excluding diaryl/α,β-unsaturated/α-hetero) is 1. The first-order valence-electron chi connectivity index (χ1n) is 12.4. The van der Waals surface area contributed by atoms with Crippen LogP contribution in [0.2, 0.25) is 0 Å². The maximum Gasteiger partial charge on any atom is 0.446 e. The van der Waals surface area contributed by atoms with Crippen molar-refractivity contribution >= 4 is 40.8 Å². The van der Waals surface area contributed by atoms with Crippen LogP contribution in [0.25, 0.3) is 5.57 Å². The number of carboxylic acids is 1. The molecule has 0 atom stereocenters. The van der Waals surface area contributed by atoms with Gasteiger partial charge < -0.3 is 10.4 Å². The van der Waals surface area contributed by atoms with Crippen molar-refractivity contribution in [2.24, 2.45) is 0 Å². The lowest BCUT2D eigenvalue weighted by Gasteiger charge is -2.11. The van der Waals surface area contributed by atoms with Crippen LogP contribution >= 0.6 is 11.8 Å². The van der Waals surface area contributed by atoms with Crippen molar-refractivity contribution in [2.45, 2.75) is 36.1 Å². The smallest absolute Gasteiger partial charge is 0.446 e. The normalized spacial score (nSPS) is 13.0. The molecule has 40 heavy (non-hydrogen) atoms. The minimum atomic E-state index is -4.45. The number of carbonyl (C=O) groups excluding carboxylic acids is 3. The fraction of sp³-hybridized carbons (Fsp3) is 0.200. The molecule has 4 rings (SSSR count). The average molecular weight is 568 g/mol. The molecule has 2 N–H and O–H groups in total. The van der Waals surface area contributed by atoms with Gasteiger partial charge in [-0.1, -0.05) is 30.3 Å². The Morgan fingerprint density at radius 1 is 0.825 bits per heavy atom. The molecule has 1 aliphatic rings. The number of benzene rings is 3. The summed E-state index contributed by atoms with van der Waals surface area (Å²) in [5.41, 5.74) is -0.940. The van der Waals surface area contributed by atoms with Crippen LogP contribution in [0, 0.1) is 0 Å². The van der Waals surface area contributed by atoms with E-state index in [1.807, 2.05) is 12.1 Å². The van der Waals surface area contributed by atoms with Crippen LogP contribution in [0.1, 0.15) is 60.6 Å². The Balaban J connectivity index is 1.62. The standard InChI is InChI=1S/C30H24F3NO5S/c31-30(32,33)40-24-12-10-19(11-13-24)26(35)17-25(23-9-4-18-2-1-3-22(18)16-23)28(38)20-5-7-21(8-6-20)29(39)34-15-14-27(36)37/h4-13,16-17H,1-3,14-15H2,(H,34,39)(H,36,37)/b25-17+. The van der Waals surface area contributed by atoms with Gasteiger partial charge in [0.05, 0.1) is 6.42 Å². The predicted octanol–water partition coefficient (Wildman–Crippen LogP) is 6.14. The molecule has 0 bridgehead atoms. The lowest BCUT2D eigenvalue weighted by molar-refractivity contribution is -0.136. The number of aliphatic carboxylic acids is 1. The number of halogens is 3. The van der Waals surface area contributed by atoms with Gasteiger partial charge in [0.1, 0.15) is 0 Å². The van der Waals surface area contributed by atoms with Crippen molar-refractivity contribution in [3.05, 3.63) is 106 Å². The number of ketones is 2. The number of allylic oxidation sites excluding steroid dienone is 2. The second kappa shape index (κ2) is 12.3. The Morgan fingerprint density at radius 2 is 1.43 bits per heavy atom. The molecule has 0 heterocycles. The molecule has 0 radical (unpaired) electrons. The Bertz CT molecular complexity index is 1480. The summed E-state index contributed by atoms with van der Waals surface area (Å²) in [6.45, 7) is -0.0436. The Labute approximate surface area is 232 Å². The van der Waals surface area contributed by atoms with Gasteiger partial charge in [-0.05, 0) is 90.2 Å². The Hall–Kier alpha value is -4.18. The summed E-state index contributed by atoms with van der Waals surface area (Å²) in [5, 5.41) is 11.2. The van der Waals surface area contributed by atoms with Gasteiger partial charge in [-0.3, -0.25) is 19.2 Å². The molecule has 0 saturated carbocycles. The van der Waals surface area contributed by atoms with Gasteiger partial charge >= 0.3 is 11.5 Å². The number of hydrogen-bond donors (Lipinski definition) is 2. The first-order valence-corrected chi connectivity index (χ1v) is 13.2. The molecule has 6 nitrogen and oxygen atoms in total. The number of aryl methyl sites for hydroxylation is 2. The topological polar surface area (TPSA) is 101 Å². The highest BCUT2D eigenvalue weighted by Gasteiger charge is 2.29. The summed E-state index contributed by atoms with van der Waals surface area (Å²) in [6.07, 6.45) is 3.73. The number of fused-ring (bicyclic) bond motifs is 1. The third-order valence-corrected chi connectivity index (χ3v) is 7.07. The molecule has 0 unspecified atom stereocenters. The van der Waals surface area contributed by atoms with E-state index in [1.165, 1.54) is 60.2 Å². The summed E-state index contributed by atoms with van der Waals surface area (Å²) in [5.74, 6) is -2.54. The lowest BCUT2D eigenvalue weighted by atomic mass is 9.92. The van der Waals surface area contributed by atoms with Gasteiger partial charge in [0.2, 0.25) is 0 Å². The number of nitrogens with one attached hydrogen (secondary N) is 1. The molecule has 3 aromatic carbocycles. The van der Waals surface area contributed by atoms with Gasteiger partial charge in [-0.2, -0.15) is 13.2 Å². The molecule has 0 saturated heterocycles. The molecular formula is C30H24F3NO5S. The molecule has 0 fully saturated rings. The molecule has 206 valence electrons. The third kappa shape index (κ3) is 7.47. The Morgan fingerprint density at radius 3 is 2.08 bits per heavy atom. The lowest BCUT2D eigenvalue weighted by Crippen LogP contribution is -2.26. The minimum Gasteiger partial charge on any atom is -0.481 e. The molecule has 3 aromatic rings. The quantitative estimate of drug-likeness (QED) is 0.173. The van der Waals surface area contributed by atoms with E-state index in [0.717, 1.165) is 24.8 Å². The van der Waals surface area contributed by atoms with Crippen LogP contribution in [-0.2, 0) is 17.6 Å². The molecule has 1 amide bonds. The van der Waals surface area contributed by atoms with Gasteiger partial charge in [0.25, 0.3) is 5.91 Å². The predicted molar refractivity (Wildman–Crippen MR) is 144 cm³/mol. The van der Waals surface area contributed by atoms with Gasteiger partial charge in [0.15, 0.2) is 11.6 Å². The monoisotopic (exact) mass is 567 g/mol. The Kier molecular flexibility index (Phi) is 8.89. The van der Waals surface area contributed by atoms with Crippen molar-refractivity contribution in [1.82, 2.24) is 5.32 Å². The maximum absolute atomic E-state index is 13.6. The summed E-state index contributed by atoms with van der Waals surface area (Å²) in [4.78, 5) is 49.6. The van der Waals surface area contributed by atoms with Crippen molar-refractivity contribution in [3.8, 4) is 0 Å². The first-order chi connectivity index (χ1) is 19.0. The first kappa shape index (κ1) is 28.8. The average Bonchev–Trinajstić information content (AvgIpc) is 3.38. The van der Waals surface area contributed by atoms with Crippen LogP contribution in [0.15, 0.2) is 77.7 Å². The van der Waals surface area contributed by atoms with Crippen LogP contribution in [0.3, 0.4) is 0 Å². The largest absolute Gasteiger partial charge is 0.481 e. The summed E-state index contributed by atoms with van der Waals surface area (Å²) < 4.78 is 38.0. The number of thioether (sulfide) groups is 1. The van der Waals surface area contributed by atoms with E-state index in [-0.39, 0.29) is 51.9 Å². The number of alkyl halides is 3. The van der Waals surface area contributed by atoms with E-state index in [0.29, 0.717) is 5.56 Å². The van der Waals surface area contributed by atoms with Crippen LogP contribution in [0.5, 0.6) is 0 Å². The van der Waals surface area contributed by atoms with Gasteiger partial charge in [0, 0.05) is 33.7 Å². The van der Waals surface area contributed by atoms with E-state index < -0.39 is 29.0 Å². The zero-order valence-electron chi connectivity index (χ0n) is 21.1. The number of hydrogen-bond acceptors (Lipinski definition) is 5. The van der Waals surface area contributed by atoms with E-state index >= 15 is 0 Å².